The van der Waals surface area contributed by atoms with Crippen LogP contribution in [-0.4, -0.2) is 32.3 Å². The topological polar surface area (TPSA) is 69.9 Å². The maximum absolute atomic E-state index is 13.7. The van der Waals surface area contributed by atoms with Gasteiger partial charge in [0.25, 0.3) is 0 Å². The number of esters is 1. The van der Waals surface area contributed by atoms with Crippen LogP contribution in [0.3, 0.4) is 0 Å². The zero-order valence-corrected chi connectivity index (χ0v) is 14.6. The molecule has 0 amide bonds. The molecule has 0 aliphatic heterocycles. The number of hydrogen-bond donors (Lipinski definition) is 0. The quantitative estimate of drug-likeness (QED) is 0.487. The fraction of sp³-hybridized carbons (Fsp3) is 0.222. The Morgan fingerprint density at radius 3 is 2.64 bits per heavy atom. The van der Waals surface area contributed by atoms with Crippen molar-refractivity contribution in [3.8, 4) is 11.5 Å². The van der Waals surface area contributed by atoms with Crippen molar-refractivity contribution in [2.75, 3.05) is 6.61 Å². The first-order chi connectivity index (χ1) is 13.3. The first-order valence-corrected chi connectivity index (χ1v) is 8.18. The van der Waals surface area contributed by atoms with Crippen LogP contribution in [0.25, 0.3) is 11.5 Å². The molecule has 3 aromatic rings. The number of halogens is 4. The summed E-state index contributed by atoms with van der Waals surface area (Å²) in [6.45, 7) is 1.47. The number of aromatic nitrogens is 4. The molecular formula is C18H14F4N4O2. The highest BCUT2D eigenvalue weighted by Crippen LogP contribution is 2.31. The van der Waals surface area contributed by atoms with E-state index in [9.17, 15) is 22.4 Å². The van der Waals surface area contributed by atoms with Crippen molar-refractivity contribution >= 4 is 5.97 Å². The summed E-state index contributed by atoms with van der Waals surface area (Å²) in [5, 5.41) is 4.09. The van der Waals surface area contributed by atoms with Crippen LogP contribution < -0.4 is 0 Å². The number of carbonyl (C=O) groups is 1. The highest BCUT2D eigenvalue weighted by atomic mass is 19.4. The lowest BCUT2D eigenvalue weighted by Gasteiger charge is -2.11. The summed E-state index contributed by atoms with van der Waals surface area (Å²) in [7, 11) is 0. The van der Waals surface area contributed by atoms with E-state index < -0.39 is 29.2 Å². The van der Waals surface area contributed by atoms with E-state index in [1.54, 1.807) is 18.2 Å². The highest BCUT2D eigenvalue weighted by molar-refractivity contribution is 5.90. The highest BCUT2D eigenvalue weighted by Gasteiger charge is 2.38. The molecule has 0 bridgehead atoms. The number of alkyl halides is 3. The van der Waals surface area contributed by atoms with E-state index in [4.69, 9.17) is 0 Å². The number of benzene rings is 1. The Bertz CT molecular complexity index is 1000. The summed E-state index contributed by atoms with van der Waals surface area (Å²) in [6, 6.07) is 7.48. The summed E-state index contributed by atoms with van der Waals surface area (Å²) >= 11 is 0. The fourth-order valence-corrected chi connectivity index (χ4v) is 2.45. The van der Waals surface area contributed by atoms with Crippen molar-refractivity contribution in [1.82, 2.24) is 19.7 Å². The maximum atomic E-state index is 13.7. The summed E-state index contributed by atoms with van der Waals surface area (Å²) < 4.78 is 59.7. The normalized spacial score (nSPS) is 11.5. The lowest BCUT2D eigenvalue weighted by molar-refractivity contribution is -0.141. The number of hydrogen-bond acceptors (Lipinski definition) is 5. The van der Waals surface area contributed by atoms with Crippen LogP contribution in [-0.2, 0) is 17.5 Å². The second-order valence-electron chi connectivity index (χ2n) is 5.66. The van der Waals surface area contributed by atoms with Gasteiger partial charge in [0.2, 0.25) is 0 Å². The van der Waals surface area contributed by atoms with Crippen molar-refractivity contribution in [1.29, 1.82) is 0 Å². The molecule has 146 valence electrons. The minimum absolute atomic E-state index is 0.0530. The van der Waals surface area contributed by atoms with E-state index in [0.717, 1.165) is 6.20 Å². The standard InChI is InChI=1S/C18H14F4N4O2/c1-2-28-17(27)12-9-23-16(24-15(12)18(20,21)22)14-7-8-26(25-14)10-11-5-3-4-6-13(11)19/h3-9H,2,10H2,1H3. The van der Waals surface area contributed by atoms with Gasteiger partial charge in [-0.3, -0.25) is 4.68 Å². The van der Waals surface area contributed by atoms with Gasteiger partial charge in [-0.05, 0) is 19.1 Å². The first-order valence-electron chi connectivity index (χ1n) is 8.18. The van der Waals surface area contributed by atoms with Crippen molar-refractivity contribution in [3.05, 3.63) is 65.4 Å². The van der Waals surface area contributed by atoms with Gasteiger partial charge < -0.3 is 4.74 Å². The lowest BCUT2D eigenvalue weighted by atomic mass is 10.2. The molecule has 0 atom stereocenters. The van der Waals surface area contributed by atoms with Gasteiger partial charge in [-0.2, -0.15) is 18.3 Å². The summed E-state index contributed by atoms with van der Waals surface area (Å²) in [5.41, 5.74) is -1.76. The molecule has 0 saturated carbocycles. The third-order valence-electron chi connectivity index (χ3n) is 3.71. The van der Waals surface area contributed by atoms with Crippen molar-refractivity contribution in [3.63, 3.8) is 0 Å². The summed E-state index contributed by atoms with van der Waals surface area (Å²) in [6.07, 6.45) is -2.65. The second-order valence-corrected chi connectivity index (χ2v) is 5.66. The zero-order valence-electron chi connectivity index (χ0n) is 14.6. The molecule has 0 aliphatic rings. The molecule has 0 unspecified atom stereocenters. The van der Waals surface area contributed by atoms with Crippen molar-refractivity contribution in [2.45, 2.75) is 19.6 Å². The SMILES string of the molecule is CCOC(=O)c1cnc(-c2ccn(Cc3ccccc3F)n2)nc1C(F)(F)F. The minimum atomic E-state index is -4.88. The van der Waals surface area contributed by atoms with E-state index in [2.05, 4.69) is 19.8 Å². The van der Waals surface area contributed by atoms with Gasteiger partial charge in [0.1, 0.15) is 17.1 Å². The van der Waals surface area contributed by atoms with E-state index in [-0.39, 0.29) is 24.7 Å². The van der Waals surface area contributed by atoms with Crippen LogP contribution in [0.15, 0.2) is 42.7 Å². The van der Waals surface area contributed by atoms with Gasteiger partial charge in [-0.1, -0.05) is 18.2 Å². The second kappa shape index (κ2) is 7.75. The van der Waals surface area contributed by atoms with Crippen LogP contribution in [0.5, 0.6) is 0 Å². The fourth-order valence-electron chi connectivity index (χ4n) is 2.45. The molecule has 2 heterocycles. The average molecular weight is 394 g/mol. The molecular weight excluding hydrogens is 380 g/mol. The largest absolute Gasteiger partial charge is 0.462 e. The number of ether oxygens (including phenoxy) is 1. The maximum Gasteiger partial charge on any atom is 0.434 e. The van der Waals surface area contributed by atoms with Gasteiger partial charge in [0, 0.05) is 18.0 Å². The van der Waals surface area contributed by atoms with Crippen LogP contribution in [0, 0.1) is 5.82 Å². The van der Waals surface area contributed by atoms with E-state index in [0.29, 0.717) is 5.56 Å². The first kappa shape index (κ1) is 19.5. The van der Waals surface area contributed by atoms with Crippen molar-refractivity contribution < 1.29 is 27.1 Å². The number of nitrogens with zero attached hydrogens (tertiary/aromatic N) is 4. The molecule has 0 aliphatic carbocycles. The van der Waals surface area contributed by atoms with Gasteiger partial charge >= 0.3 is 12.1 Å². The molecule has 6 nitrogen and oxygen atoms in total. The summed E-state index contributed by atoms with van der Waals surface area (Å²) in [4.78, 5) is 19.0. The summed E-state index contributed by atoms with van der Waals surface area (Å²) in [5.74, 6) is -1.90. The Kier molecular flexibility index (Phi) is 5.39. The van der Waals surface area contributed by atoms with Gasteiger partial charge in [-0.15, -0.1) is 0 Å². The number of carbonyl (C=O) groups excluding carboxylic acids is 1. The molecule has 0 spiro atoms. The third kappa shape index (κ3) is 4.16. The van der Waals surface area contributed by atoms with Crippen LogP contribution in [0.4, 0.5) is 17.6 Å². The molecule has 1 aromatic carbocycles. The van der Waals surface area contributed by atoms with Crippen LogP contribution in [0.1, 0.15) is 28.5 Å². The minimum Gasteiger partial charge on any atom is -0.462 e. The molecule has 10 heteroatoms. The van der Waals surface area contributed by atoms with Crippen molar-refractivity contribution in [2.24, 2.45) is 0 Å². The van der Waals surface area contributed by atoms with Gasteiger partial charge in [0.15, 0.2) is 11.5 Å². The Labute approximate surface area is 156 Å². The lowest BCUT2D eigenvalue weighted by Crippen LogP contribution is -2.18. The number of rotatable bonds is 5. The van der Waals surface area contributed by atoms with Crippen LogP contribution >= 0.6 is 0 Å². The predicted octanol–water partition coefficient (Wildman–Crippen LogP) is 3.72. The van der Waals surface area contributed by atoms with Crippen LogP contribution in [0.2, 0.25) is 0 Å². The molecule has 0 saturated heterocycles. The molecule has 28 heavy (non-hydrogen) atoms. The third-order valence-corrected chi connectivity index (χ3v) is 3.71. The van der Waals surface area contributed by atoms with Gasteiger partial charge in [-0.25, -0.2) is 19.2 Å². The molecule has 2 aromatic heterocycles. The van der Waals surface area contributed by atoms with E-state index in [1.165, 1.54) is 29.9 Å². The molecule has 0 fully saturated rings. The molecule has 3 rings (SSSR count). The van der Waals surface area contributed by atoms with Gasteiger partial charge in [0.05, 0.1) is 13.2 Å². The van der Waals surface area contributed by atoms with E-state index >= 15 is 0 Å². The Morgan fingerprint density at radius 2 is 1.96 bits per heavy atom. The Morgan fingerprint density at radius 1 is 1.21 bits per heavy atom. The Balaban J connectivity index is 1.93. The Hall–Kier alpha value is -3.30. The monoisotopic (exact) mass is 394 g/mol. The van der Waals surface area contributed by atoms with E-state index in [1.807, 2.05) is 0 Å². The predicted molar refractivity (Wildman–Crippen MR) is 89.7 cm³/mol. The smallest absolute Gasteiger partial charge is 0.434 e. The zero-order chi connectivity index (χ0) is 20.3. The molecule has 0 N–H and O–H groups in total. The average Bonchev–Trinajstić information content (AvgIpc) is 3.11. The molecule has 0 radical (unpaired) electrons.